The quantitative estimate of drug-likeness (QED) is 0.574. The van der Waals surface area contributed by atoms with Crippen LogP contribution in [0, 0.1) is 11.7 Å². The fourth-order valence-electron chi connectivity index (χ4n) is 3.44. The number of sulfonamides is 1. The minimum Gasteiger partial charge on any atom is -0.496 e. The maximum atomic E-state index is 13.6. The third-order valence-corrected chi connectivity index (χ3v) is 9.12. The smallest absolute Gasteiger partial charge is 0.252 e. The summed E-state index contributed by atoms with van der Waals surface area (Å²) in [6, 6.07) is 7.47. The number of nitrogens with one attached hydrogen (secondary N) is 1. The van der Waals surface area contributed by atoms with Crippen LogP contribution in [0.15, 0.2) is 45.3 Å². The number of hydrogen-bond donors (Lipinski definition) is 1. The molecule has 0 radical (unpaired) electrons. The molecule has 1 N–H and O–H groups in total. The number of halogens is 1. The zero-order valence-corrected chi connectivity index (χ0v) is 19.0. The lowest BCUT2D eigenvalue weighted by Crippen LogP contribution is -2.41. The normalized spacial score (nSPS) is 15.7. The molecular formula is C20H20FN3O4S3. The van der Waals surface area contributed by atoms with Crippen LogP contribution in [-0.4, -0.2) is 43.8 Å². The number of hydrogen-bond acceptors (Lipinski definition) is 7. The number of piperidine rings is 1. The topological polar surface area (TPSA) is 88.6 Å². The predicted molar refractivity (Wildman–Crippen MR) is 118 cm³/mol. The molecule has 0 bridgehead atoms. The molecule has 0 saturated carbocycles. The highest BCUT2D eigenvalue weighted by molar-refractivity contribution is 7.91. The van der Waals surface area contributed by atoms with E-state index in [2.05, 4.69) is 10.3 Å². The number of thiazole rings is 1. The standard InChI is InChI=1S/C20H20FN3O4S3/c1-28-17-5-4-14(21)11-15(17)16-12-30-20(22-16)23-19(25)13-6-8-24(9-7-13)31(26,27)18-3-2-10-29-18/h2-5,10-13H,6-9H2,1H3,(H,22,23,25). The van der Waals surface area contributed by atoms with Gasteiger partial charge in [-0.2, -0.15) is 4.31 Å². The van der Waals surface area contributed by atoms with Crippen molar-refractivity contribution in [3.8, 4) is 17.0 Å². The largest absolute Gasteiger partial charge is 0.496 e. The Morgan fingerprint density at radius 3 is 2.71 bits per heavy atom. The first-order valence-electron chi connectivity index (χ1n) is 9.52. The van der Waals surface area contributed by atoms with E-state index in [4.69, 9.17) is 4.74 Å². The maximum Gasteiger partial charge on any atom is 0.252 e. The van der Waals surface area contributed by atoms with E-state index >= 15 is 0 Å². The number of amides is 1. The van der Waals surface area contributed by atoms with Gasteiger partial charge in [0.25, 0.3) is 10.0 Å². The van der Waals surface area contributed by atoms with Crippen molar-refractivity contribution in [1.29, 1.82) is 0 Å². The van der Waals surface area contributed by atoms with E-state index in [9.17, 15) is 17.6 Å². The lowest BCUT2D eigenvalue weighted by Gasteiger charge is -2.29. The number of ether oxygens (including phenoxy) is 1. The van der Waals surface area contributed by atoms with Gasteiger partial charge in [0.2, 0.25) is 5.91 Å². The Balaban J connectivity index is 1.39. The Bertz CT molecular complexity index is 1170. The second kappa shape index (κ2) is 9.03. The summed E-state index contributed by atoms with van der Waals surface area (Å²) in [6.07, 6.45) is 0.874. The van der Waals surface area contributed by atoms with Crippen LogP contribution in [0.4, 0.5) is 9.52 Å². The number of rotatable bonds is 6. The fourth-order valence-corrected chi connectivity index (χ4v) is 6.77. The van der Waals surface area contributed by atoms with E-state index in [-0.39, 0.29) is 11.8 Å². The fraction of sp³-hybridized carbons (Fsp3) is 0.300. The van der Waals surface area contributed by atoms with Gasteiger partial charge in [-0.05, 0) is 42.5 Å². The summed E-state index contributed by atoms with van der Waals surface area (Å²) in [4.78, 5) is 17.1. The maximum absolute atomic E-state index is 13.6. The summed E-state index contributed by atoms with van der Waals surface area (Å²) < 4.78 is 45.9. The Kier molecular flexibility index (Phi) is 6.37. The first-order chi connectivity index (χ1) is 14.9. The average molecular weight is 482 g/mol. The van der Waals surface area contributed by atoms with Crippen LogP contribution in [0.25, 0.3) is 11.3 Å². The number of nitrogens with zero attached hydrogens (tertiary/aromatic N) is 2. The molecule has 1 saturated heterocycles. The number of aromatic nitrogens is 1. The van der Waals surface area contributed by atoms with Crippen LogP contribution in [0.1, 0.15) is 12.8 Å². The molecule has 1 aliphatic rings. The number of methoxy groups -OCH3 is 1. The Hall–Kier alpha value is -2.34. The third-order valence-electron chi connectivity index (χ3n) is 5.09. The number of anilines is 1. The van der Waals surface area contributed by atoms with Gasteiger partial charge in [-0.3, -0.25) is 4.79 Å². The highest BCUT2D eigenvalue weighted by Gasteiger charge is 2.32. The van der Waals surface area contributed by atoms with E-state index in [0.29, 0.717) is 52.3 Å². The van der Waals surface area contributed by atoms with Crippen LogP contribution < -0.4 is 10.1 Å². The molecular weight excluding hydrogens is 461 g/mol. The van der Waals surface area contributed by atoms with Gasteiger partial charge in [0.05, 0.1) is 12.8 Å². The van der Waals surface area contributed by atoms with Gasteiger partial charge in [-0.15, -0.1) is 22.7 Å². The molecule has 31 heavy (non-hydrogen) atoms. The summed E-state index contributed by atoms with van der Waals surface area (Å²) in [5, 5.41) is 6.66. The van der Waals surface area contributed by atoms with E-state index in [0.717, 1.165) is 0 Å². The minimum atomic E-state index is -3.50. The number of carbonyl (C=O) groups excluding carboxylic acids is 1. The zero-order valence-electron chi connectivity index (χ0n) is 16.6. The van der Waals surface area contributed by atoms with Gasteiger partial charge in [-0.1, -0.05) is 6.07 Å². The van der Waals surface area contributed by atoms with Gasteiger partial charge in [0.1, 0.15) is 15.8 Å². The molecule has 164 valence electrons. The lowest BCUT2D eigenvalue weighted by molar-refractivity contribution is -0.120. The van der Waals surface area contributed by atoms with Crippen molar-refractivity contribution in [2.24, 2.45) is 5.92 Å². The van der Waals surface area contributed by atoms with Gasteiger partial charge >= 0.3 is 0 Å². The lowest BCUT2D eigenvalue weighted by atomic mass is 9.97. The van der Waals surface area contributed by atoms with Gasteiger partial charge in [0.15, 0.2) is 5.13 Å². The SMILES string of the molecule is COc1ccc(F)cc1-c1csc(NC(=O)C2CCN(S(=O)(=O)c3cccs3)CC2)n1. The van der Waals surface area contributed by atoms with Crippen molar-refractivity contribution in [2.75, 3.05) is 25.5 Å². The minimum absolute atomic E-state index is 0.194. The molecule has 0 unspecified atom stereocenters. The van der Waals surface area contributed by atoms with E-state index < -0.39 is 15.8 Å². The summed E-state index contributed by atoms with van der Waals surface area (Å²) in [6.45, 7) is 0.587. The first-order valence-corrected chi connectivity index (χ1v) is 12.7. The number of carbonyl (C=O) groups is 1. The Labute approximate surface area is 187 Å². The van der Waals surface area contributed by atoms with Gasteiger partial charge in [0, 0.05) is 30.0 Å². The summed E-state index contributed by atoms with van der Waals surface area (Å²) >= 11 is 2.43. The molecule has 1 fully saturated rings. The molecule has 0 atom stereocenters. The molecule has 4 rings (SSSR count). The van der Waals surface area contributed by atoms with Crippen LogP contribution in [0.2, 0.25) is 0 Å². The van der Waals surface area contributed by atoms with Crippen molar-refractivity contribution < 1.29 is 22.3 Å². The van der Waals surface area contributed by atoms with Crippen LogP contribution >= 0.6 is 22.7 Å². The molecule has 1 aliphatic heterocycles. The first kappa shape index (κ1) is 21.9. The molecule has 0 aliphatic carbocycles. The number of thiophene rings is 1. The molecule has 1 amide bonds. The second-order valence-electron chi connectivity index (χ2n) is 6.98. The molecule has 2 aromatic heterocycles. The molecule has 11 heteroatoms. The Morgan fingerprint density at radius 1 is 1.26 bits per heavy atom. The molecule has 3 heterocycles. The zero-order chi connectivity index (χ0) is 22.0. The second-order valence-corrected chi connectivity index (χ2v) is 11.0. The summed E-state index contributed by atoms with van der Waals surface area (Å²) in [7, 11) is -2.00. The van der Waals surface area contributed by atoms with E-state index in [1.165, 1.54) is 52.3 Å². The molecule has 1 aromatic carbocycles. The summed E-state index contributed by atoms with van der Waals surface area (Å²) in [5.74, 6) is -0.409. The van der Waals surface area contributed by atoms with Crippen molar-refractivity contribution in [3.63, 3.8) is 0 Å². The van der Waals surface area contributed by atoms with Crippen LogP contribution in [0.3, 0.4) is 0 Å². The average Bonchev–Trinajstić information content (AvgIpc) is 3.46. The van der Waals surface area contributed by atoms with Gasteiger partial charge < -0.3 is 10.1 Å². The highest BCUT2D eigenvalue weighted by Crippen LogP contribution is 2.33. The van der Waals surface area contributed by atoms with E-state index in [1.54, 1.807) is 22.9 Å². The predicted octanol–water partition coefficient (Wildman–Crippen LogP) is 4.06. The van der Waals surface area contributed by atoms with Crippen molar-refractivity contribution in [2.45, 2.75) is 17.1 Å². The number of benzene rings is 1. The Morgan fingerprint density at radius 2 is 2.03 bits per heavy atom. The van der Waals surface area contributed by atoms with Crippen molar-refractivity contribution in [3.05, 3.63) is 46.9 Å². The molecule has 7 nitrogen and oxygen atoms in total. The van der Waals surface area contributed by atoms with E-state index in [1.807, 2.05) is 0 Å². The molecule has 0 spiro atoms. The van der Waals surface area contributed by atoms with Crippen LogP contribution in [0.5, 0.6) is 5.75 Å². The van der Waals surface area contributed by atoms with Crippen molar-refractivity contribution >= 4 is 43.7 Å². The molecule has 3 aromatic rings. The third kappa shape index (κ3) is 4.64. The monoisotopic (exact) mass is 481 g/mol. The van der Waals surface area contributed by atoms with Crippen molar-refractivity contribution in [1.82, 2.24) is 9.29 Å². The van der Waals surface area contributed by atoms with Crippen LogP contribution in [-0.2, 0) is 14.8 Å². The van der Waals surface area contributed by atoms with Gasteiger partial charge in [-0.25, -0.2) is 17.8 Å². The summed E-state index contributed by atoms with van der Waals surface area (Å²) in [5.41, 5.74) is 1.01. The highest BCUT2D eigenvalue weighted by atomic mass is 32.2.